The van der Waals surface area contributed by atoms with Gasteiger partial charge in [0.1, 0.15) is 5.75 Å². The average molecular weight is 332 g/mol. The number of hydrogen-bond acceptors (Lipinski definition) is 2. The molecule has 2 aromatic carbocycles. The Bertz CT molecular complexity index is 594. The van der Waals surface area contributed by atoms with E-state index in [0.717, 1.165) is 23.9 Å². The number of benzene rings is 2. The summed E-state index contributed by atoms with van der Waals surface area (Å²) in [4.78, 5) is 0. The highest BCUT2D eigenvalue weighted by Crippen LogP contribution is 2.32. The van der Waals surface area contributed by atoms with Crippen molar-refractivity contribution >= 4 is 15.9 Å². The van der Waals surface area contributed by atoms with Gasteiger partial charge in [-0.3, -0.25) is 0 Å². The molecule has 0 saturated carbocycles. The molecule has 2 nitrogen and oxygen atoms in total. The number of phenolic OH excluding ortho intramolecular Hbond substituents is 1. The van der Waals surface area contributed by atoms with Crippen LogP contribution in [0.5, 0.6) is 5.75 Å². The minimum Gasteiger partial charge on any atom is -0.508 e. The molecule has 1 aliphatic carbocycles. The van der Waals surface area contributed by atoms with E-state index in [1.54, 1.807) is 6.07 Å². The van der Waals surface area contributed by atoms with Crippen molar-refractivity contribution in [3.05, 3.63) is 63.6 Å². The van der Waals surface area contributed by atoms with Crippen molar-refractivity contribution < 1.29 is 5.11 Å². The summed E-state index contributed by atoms with van der Waals surface area (Å²) < 4.78 is 1.11. The van der Waals surface area contributed by atoms with Crippen LogP contribution in [-0.2, 0) is 13.0 Å². The number of aromatic hydroxyl groups is 1. The second-order valence-corrected chi connectivity index (χ2v) is 6.25. The predicted molar refractivity (Wildman–Crippen MR) is 84.8 cm³/mol. The molecule has 1 atom stereocenters. The molecule has 1 aliphatic rings. The van der Waals surface area contributed by atoms with Gasteiger partial charge < -0.3 is 10.4 Å². The first kappa shape index (κ1) is 13.7. The van der Waals surface area contributed by atoms with E-state index in [2.05, 4.69) is 51.6 Å². The molecule has 1 unspecified atom stereocenters. The monoisotopic (exact) mass is 331 g/mol. The first-order valence-electron chi connectivity index (χ1n) is 7.02. The van der Waals surface area contributed by atoms with Crippen LogP contribution in [0.2, 0.25) is 0 Å². The van der Waals surface area contributed by atoms with Crippen molar-refractivity contribution in [2.45, 2.75) is 31.8 Å². The number of phenols is 1. The van der Waals surface area contributed by atoms with E-state index in [-0.39, 0.29) is 0 Å². The predicted octanol–water partition coefficient (Wildman–Crippen LogP) is 4.32. The van der Waals surface area contributed by atoms with E-state index < -0.39 is 0 Å². The van der Waals surface area contributed by atoms with Crippen LogP contribution in [0.3, 0.4) is 0 Å². The third-order valence-electron chi connectivity index (χ3n) is 3.91. The van der Waals surface area contributed by atoms with Crippen LogP contribution in [0, 0.1) is 0 Å². The smallest absolute Gasteiger partial charge is 0.115 e. The van der Waals surface area contributed by atoms with Gasteiger partial charge in [0.15, 0.2) is 0 Å². The minimum absolute atomic E-state index is 0.342. The number of nitrogens with one attached hydrogen (secondary N) is 1. The Kier molecular flexibility index (Phi) is 4.08. The first-order valence-corrected chi connectivity index (χ1v) is 7.81. The van der Waals surface area contributed by atoms with E-state index in [9.17, 15) is 5.11 Å². The maximum atomic E-state index is 9.69. The minimum atomic E-state index is 0.342. The number of halogens is 1. The lowest BCUT2D eigenvalue weighted by molar-refractivity contribution is 0.446. The first-order chi connectivity index (χ1) is 9.72. The molecule has 0 bridgehead atoms. The summed E-state index contributed by atoms with van der Waals surface area (Å²) >= 11 is 3.45. The van der Waals surface area contributed by atoms with E-state index in [1.165, 1.54) is 23.1 Å². The molecule has 0 amide bonds. The quantitative estimate of drug-likeness (QED) is 0.877. The molecule has 0 spiro atoms. The zero-order valence-electron chi connectivity index (χ0n) is 11.3. The van der Waals surface area contributed by atoms with E-state index in [4.69, 9.17) is 0 Å². The Hall–Kier alpha value is -1.32. The lowest BCUT2D eigenvalue weighted by Crippen LogP contribution is -2.24. The molecule has 0 radical (unpaired) electrons. The van der Waals surface area contributed by atoms with Crippen LogP contribution in [-0.4, -0.2) is 5.11 Å². The van der Waals surface area contributed by atoms with Crippen molar-refractivity contribution in [3.8, 4) is 5.75 Å². The number of aryl methyl sites for hydroxylation is 1. The Labute approximate surface area is 128 Å². The van der Waals surface area contributed by atoms with Crippen LogP contribution in [0.15, 0.2) is 46.9 Å². The molecule has 2 aromatic rings. The lowest BCUT2D eigenvalue weighted by atomic mass is 9.87. The van der Waals surface area contributed by atoms with Gasteiger partial charge >= 0.3 is 0 Å². The Morgan fingerprint density at radius 2 is 1.95 bits per heavy atom. The van der Waals surface area contributed by atoms with Crippen LogP contribution in [0.1, 0.15) is 35.6 Å². The summed E-state index contributed by atoms with van der Waals surface area (Å²) in [5, 5.41) is 13.3. The molecule has 0 saturated heterocycles. The molecule has 3 heteroatoms. The van der Waals surface area contributed by atoms with E-state index >= 15 is 0 Å². The highest BCUT2D eigenvalue weighted by molar-refractivity contribution is 9.10. The highest BCUT2D eigenvalue weighted by atomic mass is 79.9. The zero-order valence-corrected chi connectivity index (χ0v) is 12.9. The van der Waals surface area contributed by atoms with Gasteiger partial charge in [-0.1, -0.05) is 34.1 Å². The van der Waals surface area contributed by atoms with Crippen molar-refractivity contribution in [1.82, 2.24) is 5.32 Å². The second kappa shape index (κ2) is 5.98. The van der Waals surface area contributed by atoms with Crippen LogP contribution in [0.4, 0.5) is 0 Å². The van der Waals surface area contributed by atoms with Crippen molar-refractivity contribution in [2.24, 2.45) is 0 Å². The summed E-state index contributed by atoms with van der Waals surface area (Å²) in [6.45, 7) is 0.854. The summed E-state index contributed by atoms with van der Waals surface area (Å²) in [6, 6.07) is 14.5. The summed E-state index contributed by atoms with van der Waals surface area (Å²) in [6.07, 6.45) is 3.45. The maximum absolute atomic E-state index is 9.69. The molecular formula is C17H18BrNO. The SMILES string of the molecule is Oc1ccc2c(c1)C(NCc1ccc(Br)cc1)CCC2. The number of rotatable bonds is 3. The summed E-state index contributed by atoms with van der Waals surface area (Å²) in [5.41, 5.74) is 3.90. The molecule has 2 N–H and O–H groups in total. The third-order valence-corrected chi connectivity index (χ3v) is 4.44. The molecule has 3 rings (SSSR count). The zero-order chi connectivity index (χ0) is 13.9. The Balaban J connectivity index is 1.73. The van der Waals surface area contributed by atoms with Gasteiger partial charge in [-0.15, -0.1) is 0 Å². The van der Waals surface area contributed by atoms with Gasteiger partial charge in [0.05, 0.1) is 0 Å². The molecular weight excluding hydrogens is 314 g/mol. The van der Waals surface area contributed by atoms with Crippen LogP contribution < -0.4 is 5.32 Å². The molecule has 0 fully saturated rings. The fourth-order valence-corrected chi connectivity index (χ4v) is 3.11. The van der Waals surface area contributed by atoms with Gasteiger partial charge in [-0.2, -0.15) is 0 Å². The molecule has 0 heterocycles. The second-order valence-electron chi connectivity index (χ2n) is 5.34. The van der Waals surface area contributed by atoms with Crippen molar-refractivity contribution in [3.63, 3.8) is 0 Å². The average Bonchev–Trinajstić information content (AvgIpc) is 2.47. The fraction of sp³-hybridized carbons (Fsp3) is 0.294. The maximum Gasteiger partial charge on any atom is 0.115 e. The van der Waals surface area contributed by atoms with Gasteiger partial charge in [-0.25, -0.2) is 0 Å². The Morgan fingerprint density at radius 1 is 1.15 bits per heavy atom. The Morgan fingerprint density at radius 3 is 2.75 bits per heavy atom. The summed E-state index contributed by atoms with van der Waals surface area (Å²) in [5.74, 6) is 0.362. The fourth-order valence-electron chi connectivity index (χ4n) is 2.84. The third kappa shape index (κ3) is 3.05. The lowest BCUT2D eigenvalue weighted by Gasteiger charge is -2.26. The highest BCUT2D eigenvalue weighted by Gasteiger charge is 2.19. The van der Waals surface area contributed by atoms with Gasteiger partial charge in [0.25, 0.3) is 0 Å². The van der Waals surface area contributed by atoms with Crippen molar-refractivity contribution in [2.75, 3.05) is 0 Å². The largest absolute Gasteiger partial charge is 0.508 e. The topological polar surface area (TPSA) is 32.3 Å². The molecule has 0 aromatic heterocycles. The standard InChI is InChI=1S/C17H18BrNO/c18-14-7-4-12(5-8-14)11-19-17-3-1-2-13-6-9-15(20)10-16(13)17/h4-10,17,19-20H,1-3,11H2. The van der Waals surface area contributed by atoms with Gasteiger partial charge in [0, 0.05) is 17.1 Å². The number of hydrogen-bond donors (Lipinski definition) is 2. The van der Waals surface area contributed by atoms with Crippen LogP contribution in [0.25, 0.3) is 0 Å². The molecule has 104 valence electrons. The molecule has 20 heavy (non-hydrogen) atoms. The normalized spacial score (nSPS) is 17.8. The van der Waals surface area contributed by atoms with Crippen molar-refractivity contribution in [1.29, 1.82) is 0 Å². The molecule has 0 aliphatic heterocycles. The van der Waals surface area contributed by atoms with E-state index in [1.807, 2.05) is 6.07 Å². The number of fused-ring (bicyclic) bond motifs is 1. The van der Waals surface area contributed by atoms with Crippen LogP contribution >= 0.6 is 15.9 Å². The van der Waals surface area contributed by atoms with E-state index in [0.29, 0.717) is 11.8 Å². The van der Waals surface area contributed by atoms with Gasteiger partial charge in [0.2, 0.25) is 0 Å². The summed E-state index contributed by atoms with van der Waals surface area (Å²) in [7, 11) is 0. The van der Waals surface area contributed by atoms with Gasteiger partial charge in [-0.05, 0) is 60.2 Å².